The van der Waals surface area contributed by atoms with Gasteiger partial charge in [0.25, 0.3) is 5.91 Å². The maximum atomic E-state index is 14.7. The second-order valence-corrected chi connectivity index (χ2v) is 16.7. The lowest BCUT2D eigenvalue weighted by atomic mass is 9.91. The first-order chi connectivity index (χ1) is 31.5. The Kier molecular flexibility index (Phi) is 18.0. The summed E-state index contributed by atoms with van der Waals surface area (Å²) in [5.74, 6) is -3.99. The maximum absolute atomic E-state index is 14.7. The zero-order chi connectivity index (χ0) is 48.1. The van der Waals surface area contributed by atoms with E-state index in [1.165, 1.54) is 25.8 Å². The average Bonchev–Trinajstić information content (AvgIpc) is 3.29. The number of likely N-dealkylation sites (N-methyl/N-ethyl adjacent to an activating group) is 1. The number of carbonyl (C=O) groups is 7. The van der Waals surface area contributed by atoms with Crippen LogP contribution in [0.1, 0.15) is 73.1 Å². The molecule has 4 aromatic rings. The number of hydrogen-bond donors (Lipinski definition) is 6. The third-order valence-corrected chi connectivity index (χ3v) is 11.5. The molecule has 0 aliphatic carbocycles. The van der Waals surface area contributed by atoms with Crippen LogP contribution in [0.4, 0.5) is 0 Å². The van der Waals surface area contributed by atoms with E-state index in [9.17, 15) is 33.6 Å². The molecular formula is C49H58ClN7O9. The molecule has 0 aromatic heterocycles. The molecule has 4 aromatic carbocycles. The summed E-state index contributed by atoms with van der Waals surface area (Å²) in [6, 6.07) is 18.9. The van der Waals surface area contributed by atoms with Crippen molar-refractivity contribution in [1.29, 1.82) is 0 Å². The number of benzene rings is 4. The van der Waals surface area contributed by atoms with Gasteiger partial charge in [-0.25, -0.2) is 0 Å². The highest BCUT2D eigenvalue weighted by atomic mass is 35.5. The van der Waals surface area contributed by atoms with Crippen molar-refractivity contribution >= 4 is 52.9 Å². The third-order valence-electron chi connectivity index (χ3n) is 11.2. The van der Waals surface area contributed by atoms with E-state index < -0.39 is 78.1 Å². The van der Waals surface area contributed by atoms with Gasteiger partial charge >= 0.3 is 5.97 Å². The largest absolute Gasteiger partial charge is 0.492 e. The molecule has 1 aliphatic heterocycles. The fourth-order valence-corrected chi connectivity index (χ4v) is 7.60. The number of carbonyl (C=O) groups excluding carboxylic acids is 7. The van der Waals surface area contributed by atoms with Gasteiger partial charge in [-0.3, -0.25) is 33.6 Å². The van der Waals surface area contributed by atoms with Crippen LogP contribution in [0.3, 0.4) is 0 Å². The van der Waals surface area contributed by atoms with E-state index in [1.54, 1.807) is 60.7 Å². The molecule has 17 heteroatoms. The molecule has 66 heavy (non-hydrogen) atoms. The molecular weight excluding hydrogens is 866 g/mol. The first-order valence-corrected chi connectivity index (χ1v) is 22.2. The fourth-order valence-electron chi connectivity index (χ4n) is 7.47. The number of halogens is 1. The van der Waals surface area contributed by atoms with Crippen molar-refractivity contribution in [3.05, 3.63) is 112 Å². The van der Waals surface area contributed by atoms with Crippen molar-refractivity contribution in [2.24, 2.45) is 11.5 Å². The van der Waals surface area contributed by atoms with Gasteiger partial charge in [-0.05, 0) is 122 Å². The highest BCUT2D eigenvalue weighted by molar-refractivity contribution is 6.30. The highest BCUT2D eigenvalue weighted by Crippen LogP contribution is 2.37. The number of unbranched alkanes of at least 4 members (excludes halogenated alkanes) is 1. The van der Waals surface area contributed by atoms with Crippen LogP contribution in [0.25, 0.3) is 22.3 Å². The van der Waals surface area contributed by atoms with Crippen LogP contribution in [0.15, 0.2) is 84.9 Å². The minimum atomic E-state index is -1.33. The van der Waals surface area contributed by atoms with E-state index in [0.717, 1.165) is 23.6 Å². The van der Waals surface area contributed by atoms with Crippen molar-refractivity contribution < 1.29 is 43.0 Å². The molecule has 1 heterocycles. The summed E-state index contributed by atoms with van der Waals surface area (Å²) in [4.78, 5) is 96.1. The van der Waals surface area contributed by atoms with Crippen LogP contribution in [0.2, 0.25) is 5.02 Å². The van der Waals surface area contributed by atoms with Gasteiger partial charge in [0, 0.05) is 43.1 Å². The zero-order valence-corrected chi connectivity index (χ0v) is 38.5. The standard InChI is InChI=1S/C49H58ClN7O9/c1-28-9-11-36-26-38(28)39-24-32(10-20-43(39)65-23-22-52)25-41(47(62)53-29(2)42(59)27-66-31(4)58)56-45(60)30(3)54-48(63)44(36)57(5)49(64)40(8-6-7-21-51)55-46(61)35-14-12-33(13-15-35)34-16-18-37(50)19-17-34/h9-20,24,26,29-30,40-41,44H,6-8,21-23,25,27,51-52H2,1-5H3,(H,53,62)(H,54,63)(H,55,61)(H,56,60)/t29-,30-,40-,41-,44-/m0/s1. The van der Waals surface area contributed by atoms with Crippen LogP contribution in [-0.4, -0.2) is 104 Å². The molecule has 4 bridgehead atoms. The van der Waals surface area contributed by atoms with E-state index >= 15 is 0 Å². The van der Waals surface area contributed by atoms with E-state index in [4.69, 9.17) is 32.5 Å². The molecule has 8 N–H and O–H groups in total. The summed E-state index contributed by atoms with van der Waals surface area (Å²) in [7, 11) is 1.46. The molecule has 0 fully saturated rings. The topological polar surface area (TPSA) is 241 Å². The number of hydrogen-bond acceptors (Lipinski definition) is 11. The number of esters is 1. The van der Waals surface area contributed by atoms with Crippen molar-refractivity contribution in [3.8, 4) is 28.0 Å². The molecule has 0 spiro atoms. The van der Waals surface area contributed by atoms with Gasteiger partial charge in [0.2, 0.25) is 23.6 Å². The molecule has 16 nitrogen and oxygen atoms in total. The normalized spacial score (nSPS) is 16.9. The van der Waals surface area contributed by atoms with Gasteiger partial charge in [-0.1, -0.05) is 54.1 Å². The number of ether oxygens (including phenoxy) is 2. The van der Waals surface area contributed by atoms with Crippen LogP contribution < -0.4 is 37.5 Å². The van der Waals surface area contributed by atoms with Crippen LogP contribution >= 0.6 is 11.6 Å². The number of nitrogens with two attached hydrogens (primary N) is 2. The molecule has 0 radical (unpaired) electrons. The SMILES string of the molecule is CC(=O)OCC(=O)[C@H](C)NC(=O)[C@@H]1Cc2ccc(OCCN)c(c2)-c2cc(ccc2C)[C@H](N(C)C(=O)[C@H](CCCCN)NC(=O)c2ccc(-c3ccc(Cl)cc3)cc2)C(=O)N[C@@H](C)C(=O)N1. The van der Waals surface area contributed by atoms with E-state index in [2.05, 4.69) is 21.3 Å². The Labute approximate surface area is 389 Å². The Hall–Kier alpha value is -6.62. The number of nitrogens with one attached hydrogen (secondary N) is 4. The summed E-state index contributed by atoms with van der Waals surface area (Å²) in [6.45, 7) is 6.11. The second kappa shape index (κ2) is 23.5. The van der Waals surface area contributed by atoms with Crippen LogP contribution in [0.5, 0.6) is 5.75 Å². The molecule has 5 rings (SSSR count). The van der Waals surface area contributed by atoms with E-state index in [-0.39, 0.29) is 26.0 Å². The quantitative estimate of drug-likeness (QED) is 0.0655. The second-order valence-electron chi connectivity index (χ2n) is 16.3. The van der Waals surface area contributed by atoms with Crippen molar-refractivity contribution in [3.63, 3.8) is 0 Å². The predicted molar refractivity (Wildman–Crippen MR) is 250 cm³/mol. The van der Waals surface area contributed by atoms with Gasteiger partial charge in [0.1, 0.15) is 36.5 Å². The van der Waals surface area contributed by atoms with Gasteiger partial charge in [-0.2, -0.15) is 0 Å². The van der Waals surface area contributed by atoms with Crippen LogP contribution in [0, 0.1) is 6.92 Å². The Morgan fingerprint density at radius 2 is 1.53 bits per heavy atom. The Bertz CT molecular complexity index is 2410. The van der Waals surface area contributed by atoms with Gasteiger partial charge in [0.05, 0.1) is 6.04 Å². The number of rotatable bonds is 17. The summed E-state index contributed by atoms with van der Waals surface area (Å²) < 4.78 is 10.9. The highest BCUT2D eigenvalue weighted by Gasteiger charge is 2.36. The lowest BCUT2D eigenvalue weighted by Gasteiger charge is -2.33. The fraction of sp³-hybridized carbons (Fsp3) is 0.367. The summed E-state index contributed by atoms with van der Waals surface area (Å²) in [6.07, 6.45) is 1.26. The Morgan fingerprint density at radius 1 is 0.848 bits per heavy atom. The minimum absolute atomic E-state index is 0.0321. The average molecular weight is 924 g/mol. The predicted octanol–water partition coefficient (Wildman–Crippen LogP) is 3.93. The number of nitrogens with zero attached hydrogens (tertiary/aromatic N) is 1. The van der Waals surface area contributed by atoms with E-state index in [0.29, 0.717) is 58.0 Å². The molecule has 5 amide bonds. The third kappa shape index (κ3) is 13.2. The number of aryl methyl sites for hydroxylation is 1. The number of amides is 5. The maximum Gasteiger partial charge on any atom is 0.303 e. The van der Waals surface area contributed by atoms with Crippen LogP contribution in [-0.2, 0) is 39.9 Å². The summed E-state index contributed by atoms with van der Waals surface area (Å²) in [5.41, 5.74) is 16.8. The van der Waals surface area contributed by atoms with Gasteiger partial charge in [0.15, 0.2) is 12.4 Å². The smallest absolute Gasteiger partial charge is 0.303 e. The molecule has 5 atom stereocenters. The van der Waals surface area contributed by atoms with Crippen molar-refractivity contribution in [2.45, 2.75) is 83.6 Å². The Morgan fingerprint density at radius 3 is 2.18 bits per heavy atom. The minimum Gasteiger partial charge on any atom is -0.492 e. The molecule has 0 saturated heterocycles. The summed E-state index contributed by atoms with van der Waals surface area (Å²) in [5, 5.41) is 11.6. The van der Waals surface area contributed by atoms with Gasteiger partial charge in [-0.15, -0.1) is 0 Å². The number of fused-ring (bicyclic) bond motifs is 5. The number of ketones is 1. The summed E-state index contributed by atoms with van der Waals surface area (Å²) >= 11 is 6.07. The molecule has 350 valence electrons. The molecule has 1 aliphatic rings. The van der Waals surface area contributed by atoms with E-state index in [1.807, 2.05) is 31.2 Å². The molecule has 0 unspecified atom stereocenters. The molecule has 0 saturated carbocycles. The monoisotopic (exact) mass is 923 g/mol. The lowest BCUT2D eigenvalue weighted by Crippen LogP contribution is -2.57. The zero-order valence-electron chi connectivity index (χ0n) is 37.8. The Balaban J connectivity index is 1.52. The van der Waals surface area contributed by atoms with Gasteiger partial charge < -0.3 is 47.1 Å². The first-order valence-electron chi connectivity index (χ1n) is 21.8. The van der Waals surface area contributed by atoms with Crippen molar-refractivity contribution in [2.75, 3.05) is 33.4 Å². The number of Topliss-reactive ketones (excluding diaryl/α,β-unsaturated/α-hetero) is 1. The lowest BCUT2D eigenvalue weighted by molar-refractivity contribution is -0.146. The first kappa shape index (κ1) is 50.4. The van der Waals surface area contributed by atoms with Crippen molar-refractivity contribution in [1.82, 2.24) is 26.2 Å².